The van der Waals surface area contributed by atoms with Gasteiger partial charge in [-0.1, -0.05) is 0 Å². The van der Waals surface area contributed by atoms with E-state index in [1.807, 2.05) is 0 Å². The van der Waals surface area contributed by atoms with Crippen molar-refractivity contribution in [2.45, 2.75) is 0 Å². The molecular formula is C13H7N5O9. The minimum absolute atomic E-state index is 0.375. The Balaban J connectivity index is 2.42. The van der Waals surface area contributed by atoms with E-state index in [0.717, 1.165) is 24.3 Å². The Labute approximate surface area is 147 Å². The lowest BCUT2D eigenvalue weighted by Gasteiger charge is -2.06. The highest BCUT2D eigenvalue weighted by molar-refractivity contribution is 6.06. The van der Waals surface area contributed by atoms with Crippen LogP contribution in [0.5, 0.6) is 0 Å². The molecule has 1 N–H and O–H groups in total. The Hall–Kier alpha value is -4.49. The van der Waals surface area contributed by atoms with Crippen molar-refractivity contribution in [3.63, 3.8) is 0 Å². The lowest BCUT2D eigenvalue weighted by atomic mass is 10.1. The van der Waals surface area contributed by atoms with E-state index in [9.17, 15) is 45.3 Å². The summed E-state index contributed by atoms with van der Waals surface area (Å²) in [6, 6.07) is 4.79. The molecule has 0 atom stereocenters. The number of nitro groups is 4. The number of nitrogens with one attached hydrogen (secondary N) is 1. The zero-order chi connectivity index (χ0) is 20.3. The minimum Gasteiger partial charge on any atom is -0.316 e. The summed E-state index contributed by atoms with van der Waals surface area (Å²) in [5.41, 5.74) is -3.89. The van der Waals surface area contributed by atoms with Gasteiger partial charge >= 0.3 is 11.4 Å². The SMILES string of the molecule is O=C(Nc1ccc([N+](=O)[O-])cc1[N+](=O)[O-])c1ccc([N+](=O)[O-])c([N+](=O)[O-])c1. The largest absolute Gasteiger partial charge is 0.346 e. The fraction of sp³-hybridized carbons (Fsp3) is 0. The molecular weight excluding hydrogens is 370 g/mol. The van der Waals surface area contributed by atoms with Crippen LogP contribution in [0.3, 0.4) is 0 Å². The van der Waals surface area contributed by atoms with Crippen molar-refractivity contribution < 1.29 is 24.5 Å². The number of amides is 1. The summed E-state index contributed by atoms with van der Waals surface area (Å²) in [7, 11) is 0. The third-order valence-corrected chi connectivity index (χ3v) is 3.27. The van der Waals surface area contributed by atoms with Crippen LogP contribution in [0.4, 0.5) is 28.4 Å². The van der Waals surface area contributed by atoms with Crippen LogP contribution in [0, 0.1) is 40.5 Å². The molecule has 0 aliphatic heterocycles. The van der Waals surface area contributed by atoms with Gasteiger partial charge in [-0.15, -0.1) is 0 Å². The van der Waals surface area contributed by atoms with Crippen LogP contribution in [0.15, 0.2) is 36.4 Å². The van der Waals surface area contributed by atoms with E-state index >= 15 is 0 Å². The van der Waals surface area contributed by atoms with Crippen molar-refractivity contribution in [2.24, 2.45) is 0 Å². The maximum absolute atomic E-state index is 12.2. The fourth-order valence-corrected chi connectivity index (χ4v) is 2.05. The molecule has 2 rings (SSSR count). The fourth-order valence-electron chi connectivity index (χ4n) is 2.05. The van der Waals surface area contributed by atoms with Crippen molar-refractivity contribution >= 4 is 34.3 Å². The molecule has 0 aliphatic rings. The highest BCUT2D eigenvalue weighted by Gasteiger charge is 2.27. The number of non-ortho nitro benzene ring substituents is 1. The smallest absolute Gasteiger partial charge is 0.316 e. The average molecular weight is 377 g/mol. The lowest BCUT2D eigenvalue weighted by molar-refractivity contribution is -0.422. The van der Waals surface area contributed by atoms with Crippen LogP contribution >= 0.6 is 0 Å². The minimum atomic E-state index is -1.05. The van der Waals surface area contributed by atoms with Crippen molar-refractivity contribution in [2.75, 3.05) is 5.32 Å². The van der Waals surface area contributed by atoms with Gasteiger partial charge in [-0.2, -0.15) is 0 Å². The van der Waals surface area contributed by atoms with Crippen LogP contribution in [-0.4, -0.2) is 25.6 Å². The normalized spacial score (nSPS) is 10.1. The number of carbonyl (C=O) groups excluding carboxylic acids is 1. The predicted octanol–water partition coefficient (Wildman–Crippen LogP) is 2.57. The molecule has 2 aromatic rings. The number of anilines is 1. The van der Waals surface area contributed by atoms with Gasteiger partial charge in [0.1, 0.15) is 5.69 Å². The summed E-state index contributed by atoms with van der Waals surface area (Å²) in [6.45, 7) is 0. The quantitative estimate of drug-likeness (QED) is 0.579. The van der Waals surface area contributed by atoms with Crippen LogP contribution in [0.1, 0.15) is 10.4 Å². The van der Waals surface area contributed by atoms with E-state index in [0.29, 0.717) is 12.1 Å². The van der Waals surface area contributed by atoms with Gasteiger partial charge in [0, 0.05) is 23.8 Å². The summed E-state index contributed by atoms with van der Waals surface area (Å²) in [5.74, 6) is -1.04. The number of benzene rings is 2. The van der Waals surface area contributed by atoms with Gasteiger partial charge in [0.2, 0.25) is 0 Å². The van der Waals surface area contributed by atoms with E-state index < -0.39 is 54.0 Å². The van der Waals surface area contributed by atoms with Gasteiger partial charge in [0.15, 0.2) is 0 Å². The molecule has 0 bridgehead atoms. The molecule has 0 unspecified atom stereocenters. The first kappa shape index (κ1) is 18.8. The summed E-state index contributed by atoms with van der Waals surface area (Å²) in [6.07, 6.45) is 0. The predicted molar refractivity (Wildman–Crippen MR) is 87.5 cm³/mol. The Morgan fingerprint density at radius 3 is 1.81 bits per heavy atom. The molecule has 0 radical (unpaired) electrons. The second-order valence-corrected chi connectivity index (χ2v) is 4.89. The van der Waals surface area contributed by atoms with Gasteiger partial charge in [0.25, 0.3) is 17.3 Å². The molecule has 138 valence electrons. The summed E-state index contributed by atoms with van der Waals surface area (Å²) < 4.78 is 0. The lowest BCUT2D eigenvalue weighted by Crippen LogP contribution is -2.14. The van der Waals surface area contributed by atoms with E-state index in [1.54, 1.807) is 0 Å². The first-order valence-corrected chi connectivity index (χ1v) is 6.79. The molecule has 0 aliphatic carbocycles. The number of hydrogen-bond donors (Lipinski definition) is 1. The van der Waals surface area contributed by atoms with Crippen molar-refractivity contribution in [3.8, 4) is 0 Å². The first-order valence-electron chi connectivity index (χ1n) is 6.79. The Morgan fingerprint density at radius 1 is 0.704 bits per heavy atom. The Bertz CT molecular complexity index is 1000. The second kappa shape index (κ2) is 7.18. The molecule has 0 aromatic heterocycles. The monoisotopic (exact) mass is 377 g/mol. The van der Waals surface area contributed by atoms with Crippen molar-refractivity contribution in [1.29, 1.82) is 0 Å². The maximum Gasteiger partial charge on any atom is 0.346 e. The van der Waals surface area contributed by atoms with E-state index in [4.69, 9.17) is 0 Å². The van der Waals surface area contributed by atoms with E-state index in [-0.39, 0.29) is 5.56 Å². The molecule has 0 heterocycles. The molecule has 0 saturated carbocycles. The number of rotatable bonds is 6. The summed E-state index contributed by atoms with van der Waals surface area (Å²) in [5, 5.41) is 45.5. The van der Waals surface area contributed by atoms with Gasteiger partial charge in [-0.3, -0.25) is 45.3 Å². The average Bonchev–Trinajstić information content (AvgIpc) is 2.60. The zero-order valence-corrected chi connectivity index (χ0v) is 12.9. The van der Waals surface area contributed by atoms with Crippen molar-refractivity contribution in [3.05, 3.63) is 82.4 Å². The zero-order valence-electron chi connectivity index (χ0n) is 12.9. The third kappa shape index (κ3) is 3.95. The van der Waals surface area contributed by atoms with E-state index in [1.165, 1.54) is 0 Å². The topological polar surface area (TPSA) is 202 Å². The number of carbonyl (C=O) groups is 1. The Kier molecular flexibility index (Phi) is 5.01. The third-order valence-electron chi connectivity index (χ3n) is 3.27. The molecule has 2 aromatic carbocycles. The molecule has 14 nitrogen and oxygen atoms in total. The number of nitrogens with zero attached hydrogens (tertiary/aromatic N) is 4. The highest BCUT2D eigenvalue weighted by atomic mass is 16.6. The van der Waals surface area contributed by atoms with Gasteiger partial charge in [-0.05, 0) is 12.1 Å². The van der Waals surface area contributed by atoms with Crippen LogP contribution < -0.4 is 5.32 Å². The molecule has 0 spiro atoms. The van der Waals surface area contributed by atoms with E-state index in [2.05, 4.69) is 5.32 Å². The van der Waals surface area contributed by atoms with Crippen LogP contribution in [0.25, 0.3) is 0 Å². The summed E-state index contributed by atoms with van der Waals surface area (Å²) in [4.78, 5) is 51.8. The number of hydrogen-bond acceptors (Lipinski definition) is 9. The van der Waals surface area contributed by atoms with Gasteiger partial charge < -0.3 is 5.32 Å². The van der Waals surface area contributed by atoms with Crippen LogP contribution in [-0.2, 0) is 0 Å². The van der Waals surface area contributed by atoms with Crippen molar-refractivity contribution in [1.82, 2.24) is 0 Å². The molecule has 0 fully saturated rings. The highest BCUT2D eigenvalue weighted by Crippen LogP contribution is 2.31. The standard InChI is InChI=1S/C13H7N5O9/c19-13(7-1-4-10(16(22)23)12(5-7)18(26)27)14-9-3-2-8(15(20)21)6-11(9)17(24)25/h1-6H,(H,14,19). The second-order valence-electron chi connectivity index (χ2n) is 4.89. The number of nitro benzene ring substituents is 4. The van der Waals surface area contributed by atoms with Gasteiger partial charge in [-0.25, -0.2) is 0 Å². The first-order chi connectivity index (χ1) is 12.6. The Morgan fingerprint density at radius 2 is 1.30 bits per heavy atom. The molecule has 27 heavy (non-hydrogen) atoms. The van der Waals surface area contributed by atoms with Gasteiger partial charge in [0.05, 0.1) is 25.8 Å². The molecule has 0 saturated heterocycles. The maximum atomic E-state index is 12.2. The van der Waals surface area contributed by atoms with Crippen LogP contribution in [0.2, 0.25) is 0 Å². The molecule has 1 amide bonds. The molecule has 14 heteroatoms. The summed E-state index contributed by atoms with van der Waals surface area (Å²) >= 11 is 0.